The van der Waals surface area contributed by atoms with Crippen LogP contribution in [0.15, 0.2) is 34.9 Å². The van der Waals surface area contributed by atoms with E-state index in [4.69, 9.17) is 15.1 Å². The van der Waals surface area contributed by atoms with E-state index in [1.165, 1.54) is 24.5 Å². The molecule has 1 amide bonds. The van der Waals surface area contributed by atoms with Crippen molar-refractivity contribution < 1.29 is 14.1 Å². The molecule has 0 aliphatic rings. The predicted octanol–water partition coefficient (Wildman–Crippen LogP) is 2.20. The first-order valence-electron chi connectivity index (χ1n) is 6.91. The second kappa shape index (κ2) is 7.44. The van der Waals surface area contributed by atoms with Gasteiger partial charge in [0.2, 0.25) is 0 Å². The lowest BCUT2D eigenvalue weighted by atomic mass is 10.1. The van der Waals surface area contributed by atoms with E-state index in [9.17, 15) is 4.79 Å². The van der Waals surface area contributed by atoms with E-state index in [-0.39, 0.29) is 12.3 Å². The number of nitrogen functional groups attached to an aromatic ring is 1. The Bertz CT molecular complexity index is 578. The zero-order valence-electron chi connectivity index (χ0n) is 12.0. The van der Waals surface area contributed by atoms with Gasteiger partial charge < -0.3 is 9.26 Å². The van der Waals surface area contributed by atoms with Gasteiger partial charge in [0.05, 0.1) is 0 Å². The third kappa shape index (κ3) is 4.32. The van der Waals surface area contributed by atoms with Gasteiger partial charge in [0.1, 0.15) is 12.4 Å². The maximum absolute atomic E-state index is 11.2. The summed E-state index contributed by atoms with van der Waals surface area (Å²) in [4.78, 5) is 11.2. The van der Waals surface area contributed by atoms with Crippen LogP contribution in [0.4, 0.5) is 0 Å². The fourth-order valence-electron chi connectivity index (χ4n) is 1.85. The molecule has 6 nitrogen and oxygen atoms in total. The summed E-state index contributed by atoms with van der Waals surface area (Å²) in [6.07, 6.45) is 3.45. The number of rotatable bonds is 7. The average Bonchev–Trinajstić information content (AvgIpc) is 3.00. The summed E-state index contributed by atoms with van der Waals surface area (Å²) in [6, 6.07) is 9.46. The Kier molecular flexibility index (Phi) is 5.34. The number of benzene rings is 1. The van der Waals surface area contributed by atoms with E-state index >= 15 is 0 Å². The lowest BCUT2D eigenvalue weighted by Crippen LogP contribution is -2.30. The van der Waals surface area contributed by atoms with Gasteiger partial charge in [-0.15, -0.1) is 0 Å². The van der Waals surface area contributed by atoms with Gasteiger partial charge in [0.25, 0.3) is 5.91 Å². The number of nitrogens with one attached hydrogen (secondary N) is 1. The highest BCUT2D eigenvalue weighted by molar-refractivity contribution is 5.91. The maximum atomic E-state index is 11.2. The third-order valence-electron chi connectivity index (χ3n) is 3.05. The van der Waals surface area contributed by atoms with Gasteiger partial charge in [-0.25, -0.2) is 5.84 Å². The molecule has 2 aromatic rings. The number of carbonyl (C=O) groups excluding carboxylic acids is 1. The second-order valence-corrected chi connectivity index (χ2v) is 4.69. The number of hydrazine groups is 1. The number of unbranched alkanes of at least 4 members (excludes halogenated alkanes) is 1. The molecule has 112 valence electrons. The number of aryl methyl sites for hydroxylation is 1. The Hall–Kier alpha value is -2.34. The largest absolute Gasteiger partial charge is 0.486 e. The second-order valence-electron chi connectivity index (χ2n) is 4.69. The molecule has 0 aliphatic heterocycles. The molecular weight excluding hydrogens is 270 g/mol. The zero-order chi connectivity index (χ0) is 15.1. The van der Waals surface area contributed by atoms with Gasteiger partial charge in [-0.1, -0.05) is 30.6 Å². The molecular formula is C15H19N3O3. The van der Waals surface area contributed by atoms with Crippen LogP contribution in [0.3, 0.4) is 0 Å². The minimum atomic E-state index is -0.495. The number of amides is 1. The van der Waals surface area contributed by atoms with Crippen LogP contribution in [-0.2, 0) is 13.0 Å². The third-order valence-corrected chi connectivity index (χ3v) is 3.05. The van der Waals surface area contributed by atoms with Crippen LogP contribution in [0.2, 0.25) is 0 Å². The molecule has 0 saturated carbocycles. The van der Waals surface area contributed by atoms with Gasteiger partial charge in [0, 0.05) is 6.07 Å². The summed E-state index contributed by atoms with van der Waals surface area (Å²) < 4.78 is 10.6. The monoisotopic (exact) mass is 289 g/mol. The molecule has 21 heavy (non-hydrogen) atoms. The smallest absolute Gasteiger partial charge is 0.287 e. The fourth-order valence-corrected chi connectivity index (χ4v) is 1.85. The maximum Gasteiger partial charge on any atom is 0.287 e. The highest BCUT2D eigenvalue weighted by atomic mass is 16.5. The fraction of sp³-hybridized carbons (Fsp3) is 0.333. The number of nitrogens with two attached hydrogens (primary N) is 1. The number of hydrogen-bond acceptors (Lipinski definition) is 5. The molecule has 0 atom stereocenters. The molecule has 2 rings (SSSR count). The Morgan fingerprint density at radius 2 is 2.14 bits per heavy atom. The highest BCUT2D eigenvalue weighted by Gasteiger charge is 2.11. The molecule has 6 heteroatoms. The summed E-state index contributed by atoms with van der Waals surface area (Å²) in [7, 11) is 0. The number of hydrogen-bond donors (Lipinski definition) is 2. The molecule has 0 unspecified atom stereocenters. The van der Waals surface area contributed by atoms with Gasteiger partial charge >= 0.3 is 0 Å². The predicted molar refractivity (Wildman–Crippen MR) is 77.5 cm³/mol. The molecule has 0 spiro atoms. The average molecular weight is 289 g/mol. The van der Waals surface area contributed by atoms with E-state index < -0.39 is 5.91 Å². The number of carbonyl (C=O) groups is 1. The number of nitrogens with zero attached hydrogens (tertiary/aromatic N) is 1. The van der Waals surface area contributed by atoms with Crippen molar-refractivity contribution in [2.45, 2.75) is 32.8 Å². The van der Waals surface area contributed by atoms with Gasteiger partial charge in [0.15, 0.2) is 11.5 Å². The SMILES string of the molecule is CCCCc1ccc(OCc2cc(C(=O)NN)no2)cc1. The zero-order valence-corrected chi connectivity index (χ0v) is 12.0. The Labute approximate surface area is 123 Å². The van der Waals surface area contributed by atoms with Gasteiger partial charge in [-0.3, -0.25) is 10.2 Å². The normalized spacial score (nSPS) is 10.4. The standard InChI is InChI=1S/C15H19N3O3/c1-2-3-4-11-5-7-12(8-6-11)20-10-13-9-14(18-21-13)15(19)17-16/h5-9H,2-4,10,16H2,1H3,(H,17,19). The van der Waals surface area contributed by atoms with Crippen molar-refractivity contribution in [1.29, 1.82) is 0 Å². The molecule has 1 aromatic heterocycles. The molecule has 0 fully saturated rings. The molecule has 0 saturated heterocycles. The van der Waals surface area contributed by atoms with E-state index in [1.807, 2.05) is 17.6 Å². The van der Waals surface area contributed by atoms with Crippen molar-refractivity contribution in [2.24, 2.45) is 5.84 Å². The first kappa shape index (κ1) is 15.1. The summed E-state index contributed by atoms with van der Waals surface area (Å²) in [5.41, 5.74) is 3.42. The Morgan fingerprint density at radius 1 is 1.38 bits per heavy atom. The summed E-state index contributed by atoms with van der Waals surface area (Å²) in [5, 5.41) is 3.60. The number of ether oxygens (including phenoxy) is 1. The van der Waals surface area contributed by atoms with Crippen LogP contribution in [0, 0.1) is 0 Å². The first-order valence-corrected chi connectivity index (χ1v) is 6.91. The minimum Gasteiger partial charge on any atom is -0.486 e. The summed E-state index contributed by atoms with van der Waals surface area (Å²) >= 11 is 0. The van der Waals surface area contributed by atoms with Crippen LogP contribution >= 0.6 is 0 Å². The number of aromatic nitrogens is 1. The lowest BCUT2D eigenvalue weighted by molar-refractivity contribution is 0.0944. The van der Waals surface area contributed by atoms with Crippen LogP contribution in [0.5, 0.6) is 5.75 Å². The van der Waals surface area contributed by atoms with Crippen molar-refractivity contribution in [3.63, 3.8) is 0 Å². The molecule has 1 aromatic carbocycles. The molecule has 0 bridgehead atoms. The van der Waals surface area contributed by atoms with Crippen molar-refractivity contribution >= 4 is 5.91 Å². The minimum absolute atomic E-state index is 0.131. The van der Waals surface area contributed by atoms with E-state index in [2.05, 4.69) is 24.2 Å². The molecule has 0 radical (unpaired) electrons. The van der Waals surface area contributed by atoms with Crippen LogP contribution in [-0.4, -0.2) is 11.1 Å². The quantitative estimate of drug-likeness (QED) is 0.463. The van der Waals surface area contributed by atoms with Crippen LogP contribution < -0.4 is 16.0 Å². The van der Waals surface area contributed by atoms with Crippen molar-refractivity contribution in [3.8, 4) is 5.75 Å². The lowest BCUT2D eigenvalue weighted by Gasteiger charge is -2.05. The molecule has 0 aliphatic carbocycles. The Balaban J connectivity index is 1.87. The van der Waals surface area contributed by atoms with Crippen molar-refractivity contribution in [2.75, 3.05) is 0 Å². The highest BCUT2D eigenvalue weighted by Crippen LogP contribution is 2.16. The molecule has 3 N–H and O–H groups in total. The van der Waals surface area contributed by atoms with Crippen LogP contribution in [0.25, 0.3) is 0 Å². The van der Waals surface area contributed by atoms with E-state index in [0.29, 0.717) is 5.76 Å². The summed E-state index contributed by atoms with van der Waals surface area (Å²) in [6.45, 7) is 2.38. The topological polar surface area (TPSA) is 90.4 Å². The van der Waals surface area contributed by atoms with Crippen molar-refractivity contribution in [3.05, 3.63) is 47.3 Å². The first-order chi connectivity index (χ1) is 10.2. The summed E-state index contributed by atoms with van der Waals surface area (Å²) in [5.74, 6) is 5.73. The van der Waals surface area contributed by atoms with E-state index in [1.54, 1.807) is 0 Å². The van der Waals surface area contributed by atoms with Gasteiger partial charge in [-0.05, 0) is 30.5 Å². The molecule has 1 heterocycles. The Morgan fingerprint density at radius 3 is 2.81 bits per heavy atom. The van der Waals surface area contributed by atoms with E-state index in [0.717, 1.165) is 12.2 Å². The van der Waals surface area contributed by atoms with Crippen molar-refractivity contribution in [1.82, 2.24) is 10.6 Å². The van der Waals surface area contributed by atoms with Crippen LogP contribution in [0.1, 0.15) is 41.6 Å². The van der Waals surface area contributed by atoms with Gasteiger partial charge in [-0.2, -0.15) is 0 Å².